The first-order chi connectivity index (χ1) is 5.08. The minimum Gasteiger partial charge on any atom is -0.0691 e. The van der Waals surface area contributed by atoms with E-state index in [4.69, 9.17) is 0 Å². The SMILES string of the molecule is C[Si](C)(C)[CH]c1ccccc1. The van der Waals surface area contributed by atoms with Crippen molar-refractivity contribution in [1.82, 2.24) is 0 Å². The second-order valence-corrected chi connectivity index (χ2v) is 8.94. The van der Waals surface area contributed by atoms with Crippen LogP contribution in [-0.4, -0.2) is 8.07 Å². The number of benzene rings is 1. The Morgan fingerprint density at radius 3 is 2.00 bits per heavy atom. The van der Waals surface area contributed by atoms with Gasteiger partial charge in [0.25, 0.3) is 0 Å². The molecule has 0 unspecified atom stereocenters. The quantitative estimate of drug-likeness (QED) is 0.588. The molecule has 0 spiro atoms. The van der Waals surface area contributed by atoms with Crippen molar-refractivity contribution in [2.24, 2.45) is 0 Å². The summed E-state index contributed by atoms with van der Waals surface area (Å²) in [4.78, 5) is 0. The van der Waals surface area contributed by atoms with Gasteiger partial charge in [-0.2, -0.15) is 0 Å². The summed E-state index contributed by atoms with van der Waals surface area (Å²) < 4.78 is 0. The van der Waals surface area contributed by atoms with Crippen LogP contribution in [0, 0.1) is 6.04 Å². The fourth-order valence-electron chi connectivity index (χ4n) is 1.05. The molecule has 0 aliphatic heterocycles. The van der Waals surface area contributed by atoms with Crippen molar-refractivity contribution in [3.05, 3.63) is 41.9 Å². The summed E-state index contributed by atoms with van der Waals surface area (Å²) >= 11 is 0. The van der Waals surface area contributed by atoms with Crippen molar-refractivity contribution in [1.29, 1.82) is 0 Å². The molecule has 0 fully saturated rings. The van der Waals surface area contributed by atoms with Crippen LogP contribution >= 0.6 is 0 Å². The maximum absolute atomic E-state index is 2.41. The molecule has 0 aliphatic rings. The van der Waals surface area contributed by atoms with Crippen molar-refractivity contribution in [3.63, 3.8) is 0 Å². The van der Waals surface area contributed by atoms with E-state index in [-0.39, 0.29) is 0 Å². The van der Waals surface area contributed by atoms with Gasteiger partial charge in [0.15, 0.2) is 0 Å². The fourth-order valence-corrected chi connectivity index (χ4v) is 2.24. The Morgan fingerprint density at radius 2 is 1.55 bits per heavy atom. The van der Waals surface area contributed by atoms with Crippen molar-refractivity contribution in [3.8, 4) is 0 Å². The van der Waals surface area contributed by atoms with E-state index in [0.29, 0.717) is 0 Å². The average molecular weight is 163 g/mol. The lowest BCUT2D eigenvalue weighted by atomic mass is 10.2. The Kier molecular flexibility index (Phi) is 2.50. The van der Waals surface area contributed by atoms with Crippen molar-refractivity contribution < 1.29 is 0 Å². The Balaban J connectivity index is 2.66. The second kappa shape index (κ2) is 3.22. The normalized spacial score (nSPS) is 11.5. The highest BCUT2D eigenvalue weighted by molar-refractivity contribution is 6.80. The lowest BCUT2D eigenvalue weighted by Crippen LogP contribution is -2.21. The Hall–Kier alpha value is -0.563. The highest BCUT2D eigenvalue weighted by atomic mass is 28.3. The van der Waals surface area contributed by atoms with Gasteiger partial charge in [-0.15, -0.1) is 0 Å². The predicted molar refractivity (Wildman–Crippen MR) is 53.2 cm³/mol. The van der Waals surface area contributed by atoms with Crippen LogP contribution in [0.4, 0.5) is 0 Å². The largest absolute Gasteiger partial charge is 0.0691 e. The van der Waals surface area contributed by atoms with Gasteiger partial charge < -0.3 is 0 Å². The third kappa shape index (κ3) is 3.37. The molecule has 0 aliphatic carbocycles. The topological polar surface area (TPSA) is 0 Å². The van der Waals surface area contributed by atoms with Crippen molar-refractivity contribution in [2.45, 2.75) is 19.6 Å². The van der Waals surface area contributed by atoms with Gasteiger partial charge in [-0.1, -0.05) is 50.0 Å². The van der Waals surface area contributed by atoms with E-state index < -0.39 is 8.07 Å². The van der Waals surface area contributed by atoms with E-state index in [1.54, 1.807) is 0 Å². The Morgan fingerprint density at radius 1 is 1.00 bits per heavy atom. The van der Waals surface area contributed by atoms with Gasteiger partial charge in [0.2, 0.25) is 0 Å². The first-order valence-corrected chi connectivity index (χ1v) is 7.57. The highest BCUT2D eigenvalue weighted by Gasteiger charge is 2.13. The van der Waals surface area contributed by atoms with E-state index >= 15 is 0 Å². The van der Waals surface area contributed by atoms with Crippen LogP contribution in [0.2, 0.25) is 19.6 Å². The molecule has 0 aromatic heterocycles. The predicted octanol–water partition coefficient (Wildman–Crippen LogP) is 3.12. The minimum atomic E-state index is -1.02. The second-order valence-electron chi connectivity index (χ2n) is 3.92. The third-order valence-electron chi connectivity index (χ3n) is 1.40. The average Bonchev–Trinajstić information content (AvgIpc) is 1.85. The Bertz CT molecular complexity index is 208. The van der Waals surface area contributed by atoms with Crippen molar-refractivity contribution in [2.75, 3.05) is 0 Å². The van der Waals surface area contributed by atoms with E-state index in [0.717, 1.165) is 0 Å². The molecular formula is C10H15Si. The zero-order chi connectivity index (χ0) is 8.32. The Labute approximate surface area is 70.3 Å². The molecule has 11 heavy (non-hydrogen) atoms. The third-order valence-corrected chi connectivity index (χ3v) is 2.60. The van der Waals surface area contributed by atoms with E-state index in [2.05, 4.69) is 56.0 Å². The molecule has 1 radical (unpaired) electrons. The van der Waals surface area contributed by atoms with Crippen LogP contribution in [0.1, 0.15) is 5.56 Å². The molecule has 0 N–H and O–H groups in total. The first-order valence-electron chi connectivity index (χ1n) is 3.99. The summed E-state index contributed by atoms with van der Waals surface area (Å²) in [6, 6.07) is 13.0. The molecule has 0 amide bonds. The molecule has 0 nitrogen and oxygen atoms in total. The molecule has 0 heterocycles. The van der Waals surface area contributed by atoms with E-state index in [1.807, 2.05) is 0 Å². The van der Waals surface area contributed by atoms with Gasteiger partial charge in [0.1, 0.15) is 0 Å². The number of hydrogen-bond donors (Lipinski definition) is 0. The van der Waals surface area contributed by atoms with Crippen LogP contribution in [0.15, 0.2) is 30.3 Å². The zero-order valence-corrected chi connectivity index (χ0v) is 8.46. The van der Waals surface area contributed by atoms with Gasteiger partial charge >= 0.3 is 0 Å². The van der Waals surface area contributed by atoms with Gasteiger partial charge in [-0.05, 0) is 11.6 Å². The van der Waals surface area contributed by atoms with Gasteiger partial charge in [-0.3, -0.25) is 0 Å². The van der Waals surface area contributed by atoms with E-state index in [9.17, 15) is 0 Å². The molecule has 0 saturated carbocycles. The molecule has 1 aromatic carbocycles. The molecule has 1 heteroatoms. The van der Waals surface area contributed by atoms with Crippen LogP contribution in [-0.2, 0) is 0 Å². The fraction of sp³-hybridized carbons (Fsp3) is 0.300. The summed E-state index contributed by atoms with van der Waals surface area (Å²) in [7, 11) is -1.02. The summed E-state index contributed by atoms with van der Waals surface area (Å²) in [5.74, 6) is 0. The summed E-state index contributed by atoms with van der Waals surface area (Å²) in [5.41, 5.74) is 1.37. The zero-order valence-electron chi connectivity index (χ0n) is 7.46. The molecule has 0 bridgehead atoms. The number of rotatable bonds is 2. The maximum atomic E-state index is 2.41. The first kappa shape index (κ1) is 8.53. The summed E-state index contributed by atoms with van der Waals surface area (Å²) in [6.45, 7) is 7.04. The smallest absolute Gasteiger partial charge is 0.0525 e. The lowest BCUT2D eigenvalue weighted by Gasteiger charge is -2.14. The van der Waals surface area contributed by atoms with Gasteiger partial charge in [0, 0.05) is 0 Å². The van der Waals surface area contributed by atoms with Crippen LogP contribution in [0.3, 0.4) is 0 Å². The van der Waals surface area contributed by atoms with Gasteiger partial charge in [-0.25, -0.2) is 0 Å². The molecule has 59 valence electrons. The molecular weight excluding hydrogens is 148 g/mol. The molecule has 1 aromatic rings. The molecule has 0 saturated heterocycles. The minimum absolute atomic E-state index is 1.02. The number of hydrogen-bond acceptors (Lipinski definition) is 0. The van der Waals surface area contributed by atoms with Gasteiger partial charge in [0.05, 0.1) is 8.07 Å². The molecule has 0 atom stereocenters. The van der Waals surface area contributed by atoms with E-state index in [1.165, 1.54) is 5.56 Å². The maximum Gasteiger partial charge on any atom is 0.0525 e. The molecule has 1 rings (SSSR count). The summed E-state index contributed by atoms with van der Waals surface area (Å²) in [6.07, 6.45) is 0. The summed E-state index contributed by atoms with van der Waals surface area (Å²) in [5, 5.41) is 0. The highest BCUT2D eigenvalue weighted by Crippen LogP contribution is 2.12. The van der Waals surface area contributed by atoms with Crippen molar-refractivity contribution >= 4 is 8.07 Å². The van der Waals surface area contributed by atoms with Crippen LogP contribution in [0.25, 0.3) is 0 Å². The standard InChI is InChI=1S/C10H15Si/c1-11(2,3)9-10-7-5-4-6-8-10/h4-9H,1-3H3. The lowest BCUT2D eigenvalue weighted by molar-refractivity contribution is 1.52. The van der Waals surface area contributed by atoms with Crippen LogP contribution in [0.5, 0.6) is 0 Å². The monoisotopic (exact) mass is 163 g/mol. The van der Waals surface area contributed by atoms with Crippen LogP contribution < -0.4 is 0 Å².